The molecule has 2 aromatic rings. The van der Waals surface area contributed by atoms with Crippen LogP contribution in [0.3, 0.4) is 0 Å². The molecule has 7 heteroatoms. The van der Waals surface area contributed by atoms with E-state index < -0.39 is 5.60 Å². The molecule has 0 radical (unpaired) electrons. The van der Waals surface area contributed by atoms with Gasteiger partial charge in [0.1, 0.15) is 17.9 Å². The van der Waals surface area contributed by atoms with Gasteiger partial charge >= 0.3 is 0 Å². The van der Waals surface area contributed by atoms with Crippen LogP contribution in [0.25, 0.3) is 4.85 Å². The van der Waals surface area contributed by atoms with Gasteiger partial charge in [-0.25, -0.2) is 0 Å². The lowest BCUT2D eigenvalue weighted by atomic mass is 9.95. The van der Waals surface area contributed by atoms with Crippen LogP contribution in [-0.4, -0.2) is 31.3 Å². The molecule has 1 atom stereocenters. The van der Waals surface area contributed by atoms with Crippen molar-refractivity contribution in [1.29, 1.82) is 5.26 Å². The summed E-state index contributed by atoms with van der Waals surface area (Å²) >= 11 is 0. The number of aliphatic hydroxyl groups is 1. The van der Waals surface area contributed by atoms with Crippen LogP contribution >= 0.6 is 0 Å². The molecular weight excluding hydrogens is 294 g/mol. The highest BCUT2D eigenvalue weighted by atomic mass is 16.3. The summed E-state index contributed by atoms with van der Waals surface area (Å²) in [7, 11) is 0. The van der Waals surface area contributed by atoms with Crippen LogP contribution in [0.4, 0.5) is 5.82 Å². The molecule has 0 aromatic carbocycles. The van der Waals surface area contributed by atoms with E-state index in [1.165, 1.54) is 30.2 Å². The second kappa shape index (κ2) is 6.39. The Morgan fingerprint density at radius 3 is 2.87 bits per heavy atom. The van der Waals surface area contributed by atoms with Gasteiger partial charge in [0.05, 0.1) is 18.3 Å². The van der Waals surface area contributed by atoms with Crippen molar-refractivity contribution in [3.63, 3.8) is 0 Å². The van der Waals surface area contributed by atoms with Gasteiger partial charge in [-0.3, -0.25) is 9.48 Å². The lowest BCUT2D eigenvalue weighted by Gasteiger charge is -2.21. The third kappa shape index (κ3) is 3.79. The minimum absolute atomic E-state index is 0.00545. The fourth-order valence-corrected chi connectivity index (χ4v) is 2.13. The Morgan fingerprint density at radius 2 is 2.30 bits per heavy atom. The second-order valence-corrected chi connectivity index (χ2v) is 5.51. The predicted molar refractivity (Wildman–Crippen MR) is 81.5 cm³/mol. The van der Waals surface area contributed by atoms with E-state index >= 15 is 0 Å². The Kier molecular flexibility index (Phi) is 4.54. The van der Waals surface area contributed by atoms with Gasteiger partial charge in [0.25, 0.3) is 5.82 Å². The fraction of sp³-hybridized carbons (Fsp3) is 0.312. The molecule has 0 aliphatic carbocycles. The number of carbonyl (C=O) groups excluding carboxylic acids is 1. The van der Waals surface area contributed by atoms with Crippen LogP contribution < -0.4 is 0 Å². The maximum Gasteiger partial charge on any atom is 0.272 e. The summed E-state index contributed by atoms with van der Waals surface area (Å²) < 4.78 is 1.36. The van der Waals surface area contributed by atoms with Crippen LogP contribution in [-0.2, 0) is 17.8 Å². The molecule has 0 aliphatic heterocycles. The number of rotatable bonds is 5. The SMILES string of the molecule is [C-]#[N+]c1ncc(CC(=O)[C@@](C)(O)Cn2cc(C#N)cn2)cc1C. The Balaban J connectivity index is 2.11. The van der Waals surface area contributed by atoms with Gasteiger partial charge in [-0.1, -0.05) is 12.6 Å². The summed E-state index contributed by atoms with van der Waals surface area (Å²) in [5, 5.41) is 23.1. The third-order valence-corrected chi connectivity index (χ3v) is 3.41. The molecule has 1 N–H and O–H groups in total. The van der Waals surface area contributed by atoms with Crippen LogP contribution in [0.1, 0.15) is 23.6 Å². The Morgan fingerprint density at radius 1 is 1.57 bits per heavy atom. The Bertz CT molecular complexity index is 824. The fourth-order valence-electron chi connectivity index (χ4n) is 2.13. The summed E-state index contributed by atoms with van der Waals surface area (Å²) in [6.07, 6.45) is 4.32. The zero-order valence-electron chi connectivity index (χ0n) is 12.8. The highest BCUT2D eigenvalue weighted by Crippen LogP contribution is 2.18. The number of nitriles is 1. The van der Waals surface area contributed by atoms with Crippen LogP contribution in [0.2, 0.25) is 0 Å². The number of hydrogen-bond acceptors (Lipinski definition) is 5. The lowest BCUT2D eigenvalue weighted by molar-refractivity contribution is -0.136. The van der Waals surface area contributed by atoms with Gasteiger partial charge in [-0.05, 0) is 19.4 Å². The number of Topliss-reactive ketones (excluding diaryl/α,β-unsaturated/α-hetero) is 1. The normalized spacial score (nSPS) is 12.9. The molecule has 0 spiro atoms. The summed E-state index contributed by atoms with van der Waals surface area (Å²) in [6, 6.07) is 3.66. The Labute approximate surface area is 133 Å². The van der Waals surface area contributed by atoms with Crippen molar-refractivity contribution in [2.45, 2.75) is 32.4 Å². The molecule has 0 saturated heterocycles. The number of carbonyl (C=O) groups is 1. The van der Waals surface area contributed by atoms with Crippen molar-refractivity contribution in [2.75, 3.05) is 0 Å². The zero-order valence-corrected chi connectivity index (χ0v) is 12.8. The highest BCUT2D eigenvalue weighted by Gasteiger charge is 2.31. The number of nitrogens with zero attached hydrogens (tertiary/aromatic N) is 5. The van der Waals surface area contributed by atoms with E-state index in [1.807, 2.05) is 6.07 Å². The van der Waals surface area contributed by atoms with E-state index in [-0.39, 0.29) is 18.7 Å². The molecule has 0 aliphatic rings. The zero-order chi connectivity index (χ0) is 17.0. The Hall–Kier alpha value is -3.03. The van der Waals surface area contributed by atoms with Crippen LogP contribution in [0, 0.1) is 24.8 Å². The van der Waals surface area contributed by atoms with Crippen molar-refractivity contribution in [1.82, 2.24) is 14.8 Å². The first-order valence-electron chi connectivity index (χ1n) is 6.87. The van der Waals surface area contributed by atoms with Crippen molar-refractivity contribution in [3.8, 4) is 6.07 Å². The monoisotopic (exact) mass is 309 g/mol. The molecule has 0 amide bonds. The van der Waals surface area contributed by atoms with Gasteiger partial charge in [0.15, 0.2) is 5.78 Å². The molecule has 2 rings (SSSR count). The van der Waals surface area contributed by atoms with Crippen molar-refractivity contribution in [2.24, 2.45) is 0 Å². The topological polar surface area (TPSA) is 96.2 Å². The summed E-state index contributed by atoms with van der Waals surface area (Å²) in [4.78, 5) is 19.6. The third-order valence-electron chi connectivity index (χ3n) is 3.41. The first kappa shape index (κ1) is 16.3. The van der Waals surface area contributed by atoms with Crippen LogP contribution in [0.15, 0.2) is 24.7 Å². The second-order valence-electron chi connectivity index (χ2n) is 5.51. The standard InChI is InChI=1S/C16H15N5O2/c1-11-4-12(7-19-15(11)18-3)5-14(22)16(2,23)10-21-9-13(6-17)8-20-21/h4,7-9,23H,5,10H2,1-2H3/t16-/m0/s1. The van der Waals surface area contributed by atoms with Crippen LogP contribution in [0.5, 0.6) is 0 Å². The maximum absolute atomic E-state index is 12.3. The predicted octanol–water partition coefficient (Wildman–Crippen LogP) is 1.57. The number of aryl methyl sites for hydroxylation is 1. The van der Waals surface area contributed by atoms with Crippen molar-refractivity contribution >= 4 is 11.6 Å². The molecule has 116 valence electrons. The number of hydrogen-bond donors (Lipinski definition) is 1. The molecule has 7 nitrogen and oxygen atoms in total. The molecule has 2 aromatic heterocycles. The minimum atomic E-state index is -1.62. The quantitative estimate of drug-likeness (QED) is 0.846. The summed E-state index contributed by atoms with van der Waals surface area (Å²) in [5.74, 6) is -0.0863. The van der Waals surface area contributed by atoms with Gasteiger partial charge in [-0.2, -0.15) is 10.4 Å². The lowest BCUT2D eigenvalue weighted by Crippen LogP contribution is -2.40. The average Bonchev–Trinajstić information content (AvgIpc) is 2.94. The molecule has 23 heavy (non-hydrogen) atoms. The molecule has 0 saturated carbocycles. The number of aromatic nitrogens is 3. The molecule has 0 unspecified atom stereocenters. The highest BCUT2D eigenvalue weighted by molar-refractivity contribution is 5.88. The van der Waals surface area contributed by atoms with E-state index in [4.69, 9.17) is 11.8 Å². The van der Waals surface area contributed by atoms with E-state index in [0.29, 0.717) is 22.5 Å². The van der Waals surface area contributed by atoms with E-state index in [1.54, 1.807) is 13.0 Å². The maximum atomic E-state index is 12.3. The first-order chi connectivity index (χ1) is 10.9. The van der Waals surface area contributed by atoms with Gasteiger partial charge in [-0.15, -0.1) is 4.98 Å². The van der Waals surface area contributed by atoms with E-state index in [9.17, 15) is 9.90 Å². The first-order valence-corrected chi connectivity index (χ1v) is 6.87. The van der Waals surface area contributed by atoms with Gasteiger partial charge < -0.3 is 9.95 Å². The average molecular weight is 309 g/mol. The van der Waals surface area contributed by atoms with Gasteiger partial charge in [0.2, 0.25) is 0 Å². The molecule has 2 heterocycles. The largest absolute Gasteiger partial charge is 0.380 e. The number of ketones is 1. The summed E-state index contributed by atoms with van der Waals surface area (Å²) in [5.41, 5.74) is 0.0716. The molecule has 0 fully saturated rings. The van der Waals surface area contributed by atoms with E-state index in [0.717, 1.165) is 0 Å². The van der Waals surface area contributed by atoms with E-state index in [2.05, 4.69) is 14.9 Å². The minimum Gasteiger partial charge on any atom is -0.380 e. The molecule has 0 bridgehead atoms. The van der Waals surface area contributed by atoms with Crippen molar-refractivity contribution in [3.05, 3.63) is 52.8 Å². The summed E-state index contributed by atoms with van der Waals surface area (Å²) in [6.45, 7) is 10.1. The van der Waals surface area contributed by atoms with Gasteiger partial charge in [0, 0.05) is 18.2 Å². The molecular formula is C16H15N5O2. The number of pyridine rings is 1. The van der Waals surface area contributed by atoms with Crippen molar-refractivity contribution < 1.29 is 9.90 Å². The smallest absolute Gasteiger partial charge is 0.272 e.